The molecule has 1 fully saturated rings. The van der Waals surface area contributed by atoms with E-state index < -0.39 is 35.3 Å². The Morgan fingerprint density at radius 1 is 1.13 bits per heavy atom. The van der Waals surface area contributed by atoms with Crippen molar-refractivity contribution in [1.29, 1.82) is 0 Å². The van der Waals surface area contributed by atoms with Crippen LogP contribution in [0.4, 0.5) is 34.8 Å². The molecular weight excluding hydrogens is 516 g/mol. The predicted molar refractivity (Wildman–Crippen MR) is 143 cm³/mol. The number of halogens is 4. The van der Waals surface area contributed by atoms with Gasteiger partial charge in [0.15, 0.2) is 0 Å². The number of aliphatic imine (C=N–C) groups is 1. The number of hydrogen-bond acceptors (Lipinski definition) is 6. The number of hydrogen-bond donors (Lipinski definition) is 1. The topological polar surface area (TPSA) is 81.1 Å². The van der Waals surface area contributed by atoms with Gasteiger partial charge in [-0.1, -0.05) is 0 Å². The van der Waals surface area contributed by atoms with E-state index in [4.69, 9.17) is 0 Å². The van der Waals surface area contributed by atoms with Crippen LogP contribution < -0.4 is 15.1 Å². The highest BCUT2D eigenvalue weighted by molar-refractivity contribution is 6.11. The van der Waals surface area contributed by atoms with Crippen molar-refractivity contribution in [3.05, 3.63) is 47.9 Å². The number of alkyl halides is 3. The lowest BCUT2D eigenvalue weighted by Gasteiger charge is -2.44. The van der Waals surface area contributed by atoms with E-state index in [1.807, 2.05) is 39.9 Å². The molecule has 1 aromatic heterocycles. The minimum atomic E-state index is -4.91. The van der Waals surface area contributed by atoms with E-state index in [9.17, 15) is 22.8 Å². The molecule has 0 bridgehead atoms. The number of aromatic nitrogens is 1. The Morgan fingerprint density at radius 3 is 2.36 bits per heavy atom. The van der Waals surface area contributed by atoms with Crippen molar-refractivity contribution in [3.63, 3.8) is 0 Å². The fourth-order valence-corrected chi connectivity index (χ4v) is 4.72. The van der Waals surface area contributed by atoms with Gasteiger partial charge in [0.1, 0.15) is 17.6 Å². The van der Waals surface area contributed by atoms with Crippen LogP contribution in [0.1, 0.15) is 13.8 Å². The molecule has 0 aliphatic carbocycles. The standard InChI is InChI=1S/C27H30F4N6O2/c1-15-13-37(14-16(2)36(15)5)23-10-21(28)18(17-6-7-24(32-11-17)35(3)4)8-22(23)34-26(39)19-12-33-25(38)9-20(19)27(29,30)31/h6-12,15-16,19H,13-14H2,1-5H3,(H,34,39)/t15-,16+,19?. The summed E-state index contributed by atoms with van der Waals surface area (Å²) in [6, 6.07) is 6.27. The number of benzene rings is 1. The first-order valence-corrected chi connectivity index (χ1v) is 12.4. The second-order valence-electron chi connectivity index (χ2n) is 10.1. The largest absolute Gasteiger partial charge is 0.414 e. The van der Waals surface area contributed by atoms with E-state index >= 15 is 4.39 Å². The molecule has 12 heteroatoms. The van der Waals surface area contributed by atoms with Crippen molar-refractivity contribution in [2.75, 3.05) is 49.3 Å². The number of nitrogens with one attached hydrogen (secondary N) is 1. The third-order valence-electron chi connectivity index (χ3n) is 7.14. The van der Waals surface area contributed by atoms with E-state index in [1.165, 1.54) is 18.3 Å². The number of likely N-dealkylation sites (N-methyl/N-ethyl adjacent to an activating group) is 1. The van der Waals surface area contributed by atoms with Crippen LogP contribution in [0.25, 0.3) is 11.1 Å². The zero-order chi connectivity index (χ0) is 28.6. The van der Waals surface area contributed by atoms with Crippen LogP contribution in [0.5, 0.6) is 0 Å². The molecule has 1 N–H and O–H groups in total. The lowest BCUT2D eigenvalue weighted by molar-refractivity contribution is -0.124. The SMILES string of the molecule is C[C@@H]1CN(c2cc(F)c(-c3ccc(N(C)C)nc3)cc2NC(=O)C2C=NC(=O)C=C2C(F)(F)F)C[C@H](C)N1C. The Hall–Kier alpha value is -3.80. The summed E-state index contributed by atoms with van der Waals surface area (Å²) in [5.74, 6) is -3.88. The van der Waals surface area contributed by atoms with E-state index in [1.54, 1.807) is 17.0 Å². The third-order valence-corrected chi connectivity index (χ3v) is 7.14. The minimum Gasteiger partial charge on any atom is -0.367 e. The number of amides is 2. The monoisotopic (exact) mass is 546 g/mol. The molecule has 3 heterocycles. The maximum absolute atomic E-state index is 15.5. The van der Waals surface area contributed by atoms with Gasteiger partial charge in [0.25, 0.3) is 5.91 Å². The van der Waals surface area contributed by atoms with E-state index in [2.05, 4.69) is 20.2 Å². The van der Waals surface area contributed by atoms with Crippen LogP contribution in [0, 0.1) is 11.7 Å². The average Bonchev–Trinajstić information content (AvgIpc) is 2.87. The summed E-state index contributed by atoms with van der Waals surface area (Å²) < 4.78 is 56.5. The van der Waals surface area contributed by atoms with Crippen molar-refractivity contribution in [1.82, 2.24) is 9.88 Å². The fraction of sp³-hybridized carbons (Fsp3) is 0.407. The molecule has 208 valence electrons. The number of dihydropyridines is 1. The number of rotatable bonds is 5. The second-order valence-corrected chi connectivity index (χ2v) is 10.1. The molecule has 1 saturated heterocycles. The summed E-state index contributed by atoms with van der Waals surface area (Å²) in [4.78, 5) is 38.3. The first kappa shape index (κ1) is 28.2. The van der Waals surface area contributed by atoms with Gasteiger partial charge in [-0.2, -0.15) is 13.2 Å². The van der Waals surface area contributed by atoms with E-state index in [-0.39, 0.29) is 23.3 Å². The van der Waals surface area contributed by atoms with Gasteiger partial charge >= 0.3 is 6.18 Å². The molecule has 3 atom stereocenters. The number of nitrogens with zero attached hydrogens (tertiary/aromatic N) is 5. The normalized spacial score (nSPS) is 22.1. The molecule has 4 rings (SSSR count). The summed E-state index contributed by atoms with van der Waals surface area (Å²) in [6.45, 7) is 5.04. The van der Waals surface area contributed by atoms with Crippen LogP contribution >= 0.6 is 0 Å². The molecule has 2 aromatic rings. The van der Waals surface area contributed by atoms with Gasteiger partial charge < -0.3 is 15.1 Å². The zero-order valence-corrected chi connectivity index (χ0v) is 22.3. The van der Waals surface area contributed by atoms with Gasteiger partial charge in [0, 0.05) is 68.9 Å². The molecule has 39 heavy (non-hydrogen) atoms. The van der Waals surface area contributed by atoms with Crippen LogP contribution in [0.3, 0.4) is 0 Å². The highest BCUT2D eigenvalue weighted by atomic mass is 19.4. The Morgan fingerprint density at radius 2 is 1.79 bits per heavy atom. The molecule has 0 spiro atoms. The average molecular weight is 547 g/mol. The zero-order valence-electron chi connectivity index (χ0n) is 22.3. The van der Waals surface area contributed by atoms with E-state index in [0.29, 0.717) is 42.4 Å². The molecule has 0 radical (unpaired) electrons. The van der Waals surface area contributed by atoms with Gasteiger partial charge in [0.05, 0.1) is 16.9 Å². The van der Waals surface area contributed by atoms with Gasteiger partial charge in [-0.3, -0.25) is 14.5 Å². The molecule has 2 amide bonds. The summed E-state index contributed by atoms with van der Waals surface area (Å²) >= 11 is 0. The summed E-state index contributed by atoms with van der Waals surface area (Å²) in [6.07, 6.45) is -2.41. The summed E-state index contributed by atoms with van der Waals surface area (Å²) in [7, 11) is 5.61. The van der Waals surface area contributed by atoms with Gasteiger partial charge in [-0.05, 0) is 45.2 Å². The van der Waals surface area contributed by atoms with Crippen LogP contribution in [0.15, 0.2) is 47.1 Å². The Kier molecular flexibility index (Phi) is 7.78. The highest BCUT2D eigenvalue weighted by Gasteiger charge is 2.43. The minimum absolute atomic E-state index is 0.0964. The molecular formula is C27H30F4N6O2. The maximum atomic E-state index is 15.5. The van der Waals surface area contributed by atoms with Crippen molar-refractivity contribution in [3.8, 4) is 11.1 Å². The molecule has 2 aliphatic heterocycles. The first-order valence-electron chi connectivity index (χ1n) is 12.4. The molecule has 2 aliphatic rings. The number of piperazine rings is 1. The number of anilines is 3. The van der Waals surface area contributed by atoms with Gasteiger partial charge in [-0.25, -0.2) is 14.4 Å². The molecule has 8 nitrogen and oxygen atoms in total. The lowest BCUT2D eigenvalue weighted by atomic mass is 9.95. The summed E-state index contributed by atoms with van der Waals surface area (Å²) in [5.41, 5.74) is -0.268. The predicted octanol–water partition coefficient (Wildman–Crippen LogP) is 4.14. The smallest absolute Gasteiger partial charge is 0.367 e. The molecule has 1 unspecified atom stereocenters. The van der Waals surface area contributed by atoms with Crippen LogP contribution in [-0.2, 0) is 9.59 Å². The number of pyridine rings is 1. The Balaban J connectivity index is 1.77. The van der Waals surface area contributed by atoms with Gasteiger partial charge in [-0.15, -0.1) is 0 Å². The second kappa shape index (κ2) is 10.8. The molecule has 1 aromatic carbocycles. The Labute approximate surface area is 224 Å². The lowest BCUT2D eigenvalue weighted by Crippen LogP contribution is -2.55. The van der Waals surface area contributed by atoms with Gasteiger partial charge in [0.2, 0.25) is 5.91 Å². The van der Waals surface area contributed by atoms with Crippen LogP contribution in [-0.4, -0.2) is 80.4 Å². The third kappa shape index (κ3) is 5.95. The van der Waals surface area contributed by atoms with E-state index in [0.717, 1.165) is 0 Å². The summed E-state index contributed by atoms with van der Waals surface area (Å²) in [5, 5.41) is 2.57. The fourth-order valence-electron chi connectivity index (χ4n) is 4.72. The maximum Gasteiger partial charge on any atom is 0.414 e. The van der Waals surface area contributed by atoms with Crippen LogP contribution in [0.2, 0.25) is 0 Å². The van der Waals surface area contributed by atoms with Crippen molar-refractivity contribution >= 4 is 35.2 Å². The van der Waals surface area contributed by atoms with Crippen molar-refractivity contribution in [2.45, 2.75) is 32.1 Å². The van der Waals surface area contributed by atoms with Crippen molar-refractivity contribution in [2.24, 2.45) is 10.9 Å². The molecule has 0 saturated carbocycles. The number of carbonyl (C=O) groups excluding carboxylic acids is 2. The highest BCUT2D eigenvalue weighted by Crippen LogP contribution is 2.38. The van der Waals surface area contributed by atoms with Crippen molar-refractivity contribution < 1.29 is 27.2 Å². The first-order chi connectivity index (χ1) is 18.3. The quantitative estimate of drug-likeness (QED) is 0.568. The Bertz CT molecular complexity index is 1310. The number of carbonyl (C=O) groups is 2.